The van der Waals surface area contributed by atoms with Crippen molar-refractivity contribution in [1.82, 2.24) is 5.32 Å². The average Bonchev–Trinajstić information content (AvgIpc) is 2.92. The molecule has 0 radical (unpaired) electrons. The molecule has 1 amide bonds. The first kappa shape index (κ1) is 15.7. The molecule has 0 saturated heterocycles. The molecule has 2 aromatic rings. The van der Waals surface area contributed by atoms with Crippen LogP contribution in [0.3, 0.4) is 0 Å². The summed E-state index contributed by atoms with van der Waals surface area (Å²) in [5, 5.41) is 3.07. The molecule has 2 aliphatic rings. The minimum atomic E-state index is 0.0503. The zero-order valence-electron chi connectivity index (χ0n) is 14.6. The molecule has 0 unspecified atom stereocenters. The molecule has 3 nitrogen and oxygen atoms in total. The van der Waals surface area contributed by atoms with Crippen molar-refractivity contribution in [2.75, 3.05) is 7.11 Å². The van der Waals surface area contributed by atoms with Gasteiger partial charge in [0.05, 0.1) is 12.0 Å². The first-order valence-corrected chi connectivity index (χ1v) is 9.29. The van der Waals surface area contributed by atoms with E-state index in [1.54, 1.807) is 18.4 Å². The van der Waals surface area contributed by atoms with Gasteiger partial charge in [-0.05, 0) is 47.8 Å². The van der Waals surface area contributed by atoms with Crippen molar-refractivity contribution in [3.8, 4) is 5.75 Å². The van der Waals surface area contributed by atoms with E-state index in [1.165, 1.54) is 16.0 Å². The number of hydrogen-bond donors (Lipinski definition) is 1. The van der Waals surface area contributed by atoms with Gasteiger partial charge in [-0.3, -0.25) is 4.79 Å². The van der Waals surface area contributed by atoms with Gasteiger partial charge in [-0.1, -0.05) is 32.0 Å². The van der Waals surface area contributed by atoms with E-state index in [9.17, 15) is 4.79 Å². The Morgan fingerprint density at radius 1 is 1.38 bits per heavy atom. The first-order chi connectivity index (χ1) is 11.4. The number of carbonyl (C=O) groups excluding carboxylic acids is 1. The van der Waals surface area contributed by atoms with E-state index in [0.29, 0.717) is 17.9 Å². The predicted molar refractivity (Wildman–Crippen MR) is 96.9 cm³/mol. The van der Waals surface area contributed by atoms with Gasteiger partial charge in [0.25, 0.3) is 5.91 Å². The van der Waals surface area contributed by atoms with E-state index in [0.717, 1.165) is 28.5 Å². The lowest BCUT2D eigenvalue weighted by atomic mass is 9.95. The highest BCUT2D eigenvalue weighted by atomic mass is 32.1. The van der Waals surface area contributed by atoms with Gasteiger partial charge in [-0.15, -0.1) is 11.3 Å². The lowest BCUT2D eigenvalue weighted by Crippen LogP contribution is -2.23. The number of amides is 1. The second-order valence-electron chi connectivity index (χ2n) is 7.48. The topological polar surface area (TPSA) is 38.3 Å². The molecule has 1 aromatic carbocycles. The number of aryl methyl sites for hydroxylation is 1. The first-order valence-electron chi connectivity index (χ1n) is 8.47. The Bertz CT molecular complexity index is 821. The lowest BCUT2D eigenvalue weighted by molar-refractivity contribution is 0.0953. The summed E-state index contributed by atoms with van der Waals surface area (Å²) in [4.78, 5) is 15.0. The number of para-hydroxylation sites is 1. The molecule has 0 spiro atoms. The van der Waals surface area contributed by atoms with Gasteiger partial charge in [-0.25, -0.2) is 0 Å². The number of methoxy groups -OCH3 is 1. The molecular formula is C20H23NO2S. The van der Waals surface area contributed by atoms with Crippen LogP contribution in [0.2, 0.25) is 0 Å². The smallest absolute Gasteiger partial charge is 0.261 e. The number of benzene rings is 1. The molecule has 4 rings (SSSR count). The SMILES string of the molecule is COc1ccccc1CNC(=O)c1sc(C)c2c1C[C@@H]1[C@H]2C1(C)C. The van der Waals surface area contributed by atoms with Gasteiger partial charge in [0.15, 0.2) is 0 Å². The molecule has 1 N–H and O–H groups in total. The Morgan fingerprint density at radius 2 is 2.12 bits per heavy atom. The summed E-state index contributed by atoms with van der Waals surface area (Å²) < 4.78 is 5.36. The van der Waals surface area contributed by atoms with E-state index < -0.39 is 0 Å². The molecule has 0 aliphatic heterocycles. The Morgan fingerprint density at radius 3 is 2.88 bits per heavy atom. The van der Waals surface area contributed by atoms with Crippen LogP contribution in [0.5, 0.6) is 5.75 Å². The molecule has 4 heteroatoms. The third kappa shape index (κ3) is 2.20. The van der Waals surface area contributed by atoms with Crippen LogP contribution < -0.4 is 10.1 Å². The summed E-state index contributed by atoms with van der Waals surface area (Å²) >= 11 is 1.66. The molecule has 0 bridgehead atoms. The third-order valence-electron chi connectivity index (χ3n) is 5.86. The Kier molecular flexibility index (Phi) is 3.50. The normalized spacial score (nSPS) is 22.7. The van der Waals surface area contributed by atoms with Crippen LogP contribution in [-0.2, 0) is 13.0 Å². The van der Waals surface area contributed by atoms with Crippen LogP contribution in [0.25, 0.3) is 0 Å². The van der Waals surface area contributed by atoms with Crippen molar-refractivity contribution in [2.45, 2.75) is 39.7 Å². The van der Waals surface area contributed by atoms with E-state index in [2.05, 4.69) is 26.1 Å². The maximum absolute atomic E-state index is 12.7. The number of carbonyl (C=O) groups is 1. The third-order valence-corrected chi connectivity index (χ3v) is 7.02. The number of hydrogen-bond acceptors (Lipinski definition) is 3. The molecule has 1 aromatic heterocycles. The van der Waals surface area contributed by atoms with Crippen LogP contribution in [0.4, 0.5) is 0 Å². The van der Waals surface area contributed by atoms with Crippen molar-refractivity contribution < 1.29 is 9.53 Å². The molecule has 1 saturated carbocycles. The Balaban J connectivity index is 1.53. The summed E-state index contributed by atoms with van der Waals surface area (Å²) in [6.07, 6.45) is 1.06. The van der Waals surface area contributed by atoms with Crippen molar-refractivity contribution in [3.05, 3.63) is 50.7 Å². The lowest BCUT2D eigenvalue weighted by Gasteiger charge is -2.11. The second kappa shape index (κ2) is 5.35. The van der Waals surface area contributed by atoms with Crippen LogP contribution in [0, 0.1) is 18.3 Å². The summed E-state index contributed by atoms with van der Waals surface area (Å²) in [6, 6.07) is 7.81. The Hall–Kier alpha value is -1.81. The number of ether oxygens (including phenoxy) is 1. The molecule has 24 heavy (non-hydrogen) atoms. The Labute approximate surface area is 147 Å². The van der Waals surface area contributed by atoms with Crippen molar-refractivity contribution in [1.29, 1.82) is 0 Å². The highest BCUT2D eigenvalue weighted by molar-refractivity contribution is 7.14. The fourth-order valence-electron chi connectivity index (χ4n) is 4.42. The van der Waals surface area contributed by atoms with Crippen molar-refractivity contribution in [2.24, 2.45) is 11.3 Å². The highest BCUT2D eigenvalue weighted by Crippen LogP contribution is 2.71. The van der Waals surface area contributed by atoms with Crippen LogP contribution in [0.1, 0.15) is 51.0 Å². The number of nitrogens with one attached hydrogen (secondary N) is 1. The fourth-order valence-corrected chi connectivity index (χ4v) is 5.57. The van der Waals surface area contributed by atoms with Crippen LogP contribution >= 0.6 is 11.3 Å². The molecule has 2 atom stereocenters. The zero-order valence-corrected chi connectivity index (χ0v) is 15.4. The van der Waals surface area contributed by atoms with E-state index >= 15 is 0 Å². The second-order valence-corrected chi connectivity index (χ2v) is 8.71. The van der Waals surface area contributed by atoms with Gasteiger partial charge in [0.1, 0.15) is 5.75 Å². The molecule has 2 aliphatic carbocycles. The summed E-state index contributed by atoms with van der Waals surface area (Å²) in [5.74, 6) is 2.26. The van der Waals surface area contributed by atoms with Gasteiger partial charge < -0.3 is 10.1 Å². The zero-order chi connectivity index (χ0) is 17.1. The molecule has 126 valence electrons. The van der Waals surface area contributed by atoms with Crippen LogP contribution in [-0.4, -0.2) is 13.0 Å². The van der Waals surface area contributed by atoms with E-state index in [4.69, 9.17) is 4.74 Å². The number of rotatable bonds is 4. The fraction of sp³-hybridized carbons (Fsp3) is 0.450. The summed E-state index contributed by atoms with van der Waals surface area (Å²) in [5.41, 5.74) is 4.20. The maximum Gasteiger partial charge on any atom is 0.261 e. The van der Waals surface area contributed by atoms with Crippen molar-refractivity contribution >= 4 is 17.2 Å². The molecule has 1 fully saturated rings. The van der Waals surface area contributed by atoms with Gasteiger partial charge in [0, 0.05) is 17.0 Å². The van der Waals surface area contributed by atoms with Gasteiger partial charge >= 0.3 is 0 Å². The predicted octanol–water partition coefficient (Wildman–Crippen LogP) is 4.29. The molecular weight excluding hydrogens is 318 g/mol. The number of thiophene rings is 1. The summed E-state index contributed by atoms with van der Waals surface area (Å²) in [7, 11) is 1.66. The average molecular weight is 341 g/mol. The maximum atomic E-state index is 12.7. The standard InChI is InChI=1S/C20H23NO2S/c1-11-16-13(9-14-17(16)20(14,2)3)18(24-11)19(22)21-10-12-7-5-6-8-15(12)23-4/h5-8,14,17H,9-10H2,1-4H3,(H,21,22)/t14-,17-/m1/s1. The molecule has 1 heterocycles. The van der Waals surface area contributed by atoms with Crippen LogP contribution in [0.15, 0.2) is 24.3 Å². The van der Waals surface area contributed by atoms with Crippen molar-refractivity contribution in [3.63, 3.8) is 0 Å². The minimum Gasteiger partial charge on any atom is -0.496 e. The number of fused-ring (bicyclic) bond motifs is 3. The van der Waals surface area contributed by atoms with E-state index in [-0.39, 0.29) is 5.91 Å². The van der Waals surface area contributed by atoms with Gasteiger partial charge in [0.2, 0.25) is 0 Å². The monoisotopic (exact) mass is 341 g/mol. The highest BCUT2D eigenvalue weighted by Gasteiger charge is 2.63. The summed E-state index contributed by atoms with van der Waals surface area (Å²) in [6.45, 7) is 7.36. The van der Waals surface area contributed by atoms with Gasteiger partial charge in [-0.2, -0.15) is 0 Å². The largest absolute Gasteiger partial charge is 0.496 e. The van der Waals surface area contributed by atoms with E-state index in [1.807, 2.05) is 24.3 Å². The minimum absolute atomic E-state index is 0.0503. The quantitative estimate of drug-likeness (QED) is 0.901.